The molecule has 0 spiro atoms. The number of quaternary nitrogens is 1. The standard InChI is InChI=1S/C19H22N2O2S/c1-14-4-3-5-16(12-14)13-20-8-10-21(11-9-20)19(23)18-7-6-17(24-18)15(2)22/h3-7,12H,8-11,13H2,1-2H3/p+1. The van der Waals surface area contributed by atoms with E-state index in [9.17, 15) is 9.59 Å². The zero-order chi connectivity index (χ0) is 17.1. The van der Waals surface area contributed by atoms with E-state index >= 15 is 0 Å². The number of Topliss-reactive ketones (excluding diaryl/α,β-unsaturated/α-hetero) is 1. The van der Waals surface area contributed by atoms with Crippen molar-refractivity contribution < 1.29 is 14.5 Å². The van der Waals surface area contributed by atoms with Gasteiger partial charge < -0.3 is 9.80 Å². The summed E-state index contributed by atoms with van der Waals surface area (Å²) in [6.07, 6.45) is 0. The molecule has 1 aromatic heterocycles. The number of ketones is 1. The van der Waals surface area contributed by atoms with Crippen LogP contribution in [0.1, 0.15) is 37.4 Å². The maximum atomic E-state index is 12.6. The average Bonchev–Trinajstić information content (AvgIpc) is 3.05. The van der Waals surface area contributed by atoms with E-state index in [0.29, 0.717) is 9.75 Å². The van der Waals surface area contributed by atoms with Gasteiger partial charge in [-0.2, -0.15) is 0 Å². The fourth-order valence-corrected chi connectivity index (χ4v) is 3.98. The maximum Gasteiger partial charge on any atom is 0.264 e. The third-order valence-corrected chi connectivity index (χ3v) is 5.63. The van der Waals surface area contributed by atoms with Crippen molar-refractivity contribution in [3.05, 3.63) is 57.3 Å². The molecule has 1 fully saturated rings. The number of rotatable bonds is 4. The van der Waals surface area contributed by atoms with Gasteiger partial charge in [0.1, 0.15) is 6.54 Å². The van der Waals surface area contributed by atoms with Crippen LogP contribution in [0.4, 0.5) is 0 Å². The SMILES string of the molecule is CC(=O)c1ccc(C(=O)N2CC[NH+](Cc3cccc(C)c3)CC2)s1. The highest BCUT2D eigenvalue weighted by atomic mass is 32.1. The third kappa shape index (κ3) is 3.91. The molecule has 1 aliphatic heterocycles. The fourth-order valence-electron chi connectivity index (χ4n) is 3.11. The number of hydrogen-bond acceptors (Lipinski definition) is 3. The Balaban J connectivity index is 1.56. The summed E-state index contributed by atoms with van der Waals surface area (Å²) in [7, 11) is 0. The molecular weight excluding hydrogens is 320 g/mol. The molecule has 1 N–H and O–H groups in total. The van der Waals surface area contributed by atoms with Crippen molar-refractivity contribution in [3.8, 4) is 0 Å². The van der Waals surface area contributed by atoms with E-state index in [1.807, 2.05) is 4.90 Å². The summed E-state index contributed by atoms with van der Waals surface area (Å²) < 4.78 is 0. The molecule has 1 saturated heterocycles. The highest BCUT2D eigenvalue weighted by Crippen LogP contribution is 2.19. The van der Waals surface area contributed by atoms with Crippen LogP contribution in [0.5, 0.6) is 0 Å². The number of nitrogens with one attached hydrogen (secondary N) is 1. The van der Waals surface area contributed by atoms with E-state index in [4.69, 9.17) is 0 Å². The van der Waals surface area contributed by atoms with Gasteiger partial charge in [0, 0.05) is 5.56 Å². The Bertz CT molecular complexity index is 745. The Hall–Kier alpha value is -1.98. The quantitative estimate of drug-likeness (QED) is 0.860. The molecule has 0 bridgehead atoms. The first-order valence-corrected chi connectivity index (χ1v) is 9.14. The van der Waals surface area contributed by atoms with Gasteiger partial charge in [0.05, 0.1) is 35.9 Å². The third-order valence-electron chi connectivity index (χ3n) is 4.46. The molecular formula is C19H23N2O2S+. The molecule has 0 atom stereocenters. The van der Waals surface area contributed by atoms with Crippen molar-refractivity contribution in [3.63, 3.8) is 0 Å². The lowest BCUT2D eigenvalue weighted by molar-refractivity contribution is -0.917. The molecule has 2 aromatic rings. The van der Waals surface area contributed by atoms with Gasteiger partial charge >= 0.3 is 0 Å². The second-order valence-electron chi connectivity index (χ2n) is 6.43. The van der Waals surface area contributed by atoms with Crippen molar-refractivity contribution in [2.24, 2.45) is 0 Å². The van der Waals surface area contributed by atoms with Crippen molar-refractivity contribution in [1.29, 1.82) is 0 Å². The van der Waals surface area contributed by atoms with Crippen LogP contribution in [0.15, 0.2) is 36.4 Å². The Kier molecular flexibility index (Phi) is 5.11. The summed E-state index contributed by atoms with van der Waals surface area (Å²) in [6.45, 7) is 8.13. The first-order chi connectivity index (χ1) is 11.5. The predicted molar refractivity (Wildman–Crippen MR) is 95.8 cm³/mol. The minimum Gasteiger partial charge on any atom is -0.328 e. The van der Waals surface area contributed by atoms with Crippen LogP contribution in [0, 0.1) is 6.92 Å². The largest absolute Gasteiger partial charge is 0.328 e. The summed E-state index contributed by atoms with van der Waals surface area (Å²) in [6, 6.07) is 12.2. The van der Waals surface area contributed by atoms with E-state index in [1.165, 1.54) is 34.3 Å². The molecule has 5 heteroatoms. The Labute approximate surface area is 146 Å². The van der Waals surface area contributed by atoms with Crippen molar-refractivity contribution >= 4 is 23.0 Å². The second kappa shape index (κ2) is 7.28. The van der Waals surface area contributed by atoms with Gasteiger partial charge in [-0.3, -0.25) is 9.59 Å². The summed E-state index contributed by atoms with van der Waals surface area (Å²) in [4.78, 5) is 28.7. The van der Waals surface area contributed by atoms with Gasteiger partial charge in [-0.15, -0.1) is 11.3 Å². The molecule has 126 valence electrons. The number of piperazine rings is 1. The number of aryl methyl sites for hydroxylation is 1. The number of amides is 1. The average molecular weight is 343 g/mol. The second-order valence-corrected chi connectivity index (χ2v) is 7.51. The lowest BCUT2D eigenvalue weighted by Crippen LogP contribution is -3.13. The Morgan fingerprint density at radius 1 is 1.12 bits per heavy atom. The van der Waals surface area contributed by atoms with Crippen LogP contribution in [0.25, 0.3) is 0 Å². The molecule has 0 aliphatic carbocycles. The minimum absolute atomic E-state index is 0.0199. The molecule has 0 radical (unpaired) electrons. The smallest absolute Gasteiger partial charge is 0.264 e. The first-order valence-electron chi connectivity index (χ1n) is 8.32. The number of thiophene rings is 1. The Morgan fingerprint density at radius 2 is 1.83 bits per heavy atom. The number of benzene rings is 1. The van der Waals surface area contributed by atoms with Gasteiger partial charge in [-0.05, 0) is 26.0 Å². The van der Waals surface area contributed by atoms with Gasteiger partial charge in [0.2, 0.25) is 0 Å². The van der Waals surface area contributed by atoms with Crippen LogP contribution in [-0.4, -0.2) is 42.8 Å². The van der Waals surface area contributed by atoms with Gasteiger partial charge in [-0.25, -0.2) is 0 Å². The van der Waals surface area contributed by atoms with Gasteiger partial charge in [-0.1, -0.05) is 29.8 Å². The predicted octanol–water partition coefficient (Wildman–Crippen LogP) is 1.80. The zero-order valence-corrected chi connectivity index (χ0v) is 15.0. The normalized spacial score (nSPS) is 15.5. The number of nitrogens with zero attached hydrogens (tertiary/aromatic N) is 1. The number of carbonyl (C=O) groups excluding carboxylic acids is 2. The molecule has 3 rings (SSSR count). The summed E-state index contributed by atoms with van der Waals surface area (Å²) >= 11 is 1.30. The Morgan fingerprint density at radius 3 is 2.46 bits per heavy atom. The molecule has 2 heterocycles. The number of hydrogen-bond donors (Lipinski definition) is 1. The van der Waals surface area contributed by atoms with E-state index in [0.717, 1.165) is 32.7 Å². The summed E-state index contributed by atoms with van der Waals surface area (Å²) in [5.41, 5.74) is 2.65. The zero-order valence-electron chi connectivity index (χ0n) is 14.2. The van der Waals surface area contributed by atoms with E-state index in [1.54, 1.807) is 12.1 Å². The van der Waals surface area contributed by atoms with Crippen LogP contribution in [-0.2, 0) is 6.54 Å². The lowest BCUT2D eigenvalue weighted by atomic mass is 10.1. The van der Waals surface area contributed by atoms with Crippen molar-refractivity contribution in [1.82, 2.24) is 4.90 Å². The highest BCUT2D eigenvalue weighted by molar-refractivity contribution is 7.15. The van der Waals surface area contributed by atoms with E-state index in [2.05, 4.69) is 31.2 Å². The van der Waals surface area contributed by atoms with Crippen molar-refractivity contribution in [2.75, 3.05) is 26.2 Å². The molecule has 4 nitrogen and oxygen atoms in total. The molecule has 1 amide bonds. The van der Waals surface area contributed by atoms with Crippen LogP contribution in [0.3, 0.4) is 0 Å². The van der Waals surface area contributed by atoms with Crippen LogP contribution < -0.4 is 4.90 Å². The van der Waals surface area contributed by atoms with E-state index in [-0.39, 0.29) is 11.7 Å². The van der Waals surface area contributed by atoms with E-state index < -0.39 is 0 Å². The molecule has 0 saturated carbocycles. The van der Waals surface area contributed by atoms with Crippen LogP contribution >= 0.6 is 11.3 Å². The van der Waals surface area contributed by atoms with Gasteiger partial charge in [0.15, 0.2) is 5.78 Å². The molecule has 24 heavy (non-hydrogen) atoms. The highest BCUT2D eigenvalue weighted by Gasteiger charge is 2.25. The molecule has 0 unspecified atom stereocenters. The summed E-state index contributed by atoms with van der Waals surface area (Å²) in [5, 5.41) is 0. The van der Waals surface area contributed by atoms with Gasteiger partial charge in [0.25, 0.3) is 5.91 Å². The number of carbonyl (C=O) groups is 2. The fraction of sp³-hybridized carbons (Fsp3) is 0.368. The minimum atomic E-state index is 0.0199. The van der Waals surface area contributed by atoms with Crippen molar-refractivity contribution in [2.45, 2.75) is 20.4 Å². The maximum absolute atomic E-state index is 12.6. The lowest BCUT2D eigenvalue weighted by Gasteiger charge is -2.32. The van der Waals surface area contributed by atoms with Crippen LogP contribution in [0.2, 0.25) is 0 Å². The molecule has 1 aliphatic rings. The molecule has 1 aromatic carbocycles. The monoisotopic (exact) mass is 343 g/mol. The summed E-state index contributed by atoms with van der Waals surface area (Å²) in [5.74, 6) is 0.0774. The first kappa shape index (κ1) is 16.9. The topological polar surface area (TPSA) is 41.8 Å².